The fourth-order valence-corrected chi connectivity index (χ4v) is 2.57. The van der Waals surface area contributed by atoms with E-state index in [-0.39, 0.29) is 5.78 Å². The van der Waals surface area contributed by atoms with Crippen molar-refractivity contribution in [3.63, 3.8) is 0 Å². The lowest BCUT2D eigenvalue weighted by molar-refractivity contribution is 0.104. The first-order chi connectivity index (χ1) is 13.1. The van der Waals surface area contributed by atoms with Crippen LogP contribution in [0.25, 0.3) is 6.08 Å². The third-order valence-corrected chi connectivity index (χ3v) is 3.92. The summed E-state index contributed by atoms with van der Waals surface area (Å²) in [5, 5.41) is 0. The number of carbonyl (C=O) groups excluding carboxylic acids is 1. The number of ether oxygens (including phenoxy) is 3. The van der Waals surface area contributed by atoms with Gasteiger partial charge in [-0.1, -0.05) is 18.7 Å². The van der Waals surface area contributed by atoms with Crippen molar-refractivity contribution in [1.82, 2.24) is 0 Å². The molecule has 0 heterocycles. The molecule has 0 saturated heterocycles. The van der Waals surface area contributed by atoms with Gasteiger partial charge in [-0.25, -0.2) is 0 Å². The minimum absolute atomic E-state index is 0.103. The third-order valence-electron chi connectivity index (χ3n) is 3.92. The number of allylic oxidation sites excluding steroid dienone is 2. The Labute approximate surface area is 160 Å². The summed E-state index contributed by atoms with van der Waals surface area (Å²) >= 11 is 0. The zero-order chi connectivity index (χ0) is 19.6. The van der Waals surface area contributed by atoms with Gasteiger partial charge in [-0.2, -0.15) is 0 Å². The topological polar surface area (TPSA) is 44.8 Å². The Hall–Kier alpha value is -3.27. The number of rotatable bonds is 10. The van der Waals surface area contributed by atoms with E-state index in [9.17, 15) is 4.79 Å². The van der Waals surface area contributed by atoms with Crippen molar-refractivity contribution in [2.75, 3.05) is 20.8 Å². The second-order valence-electron chi connectivity index (χ2n) is 5.72. The molecule has 4 heteroatoms. The smallest absolute Gasteiger partial charge is 0.185 e. The lowest BCUT2D eigenvalue weighted by Crippen LogP contribution is -1.97. The van der Waals surface area contributed by atoms with E-state index < -0.39 is 0 Å². The Morgan fingerprint density at radius 2 is 1.70 bits per heavy atom. The van der Waals surface area contributed by atoms with Crippen LogP contribution in [0, 0.1) is 0 Å². The normalized spacial score (nSPS) is 10.4. The van der Waals surface area contributed by atoms with Crippen LogP contribution in [0.15, 0.2) is 67.8 Å². The van der Waals surface area contributed by atoms with Gasteiger partial charge in [0.1, 0.15) is 23.9 Å². The van der Waals surface area contributed by atoms with Crippen molar-refractivity contribution in [2.45, 2.75) is 6.42 Å². The number of ketones is 1. The van der Waals surface area contributed by atoms with Gasteiger partial charge in [0.05, 0.1) is 14.2 Å². The molecule has 2 rings (SSSR count). The monoisotopic (exact) mass is 364 g/mol. The first-order valence-electron chi connectivity index (χ1n) is 8.54. The van der Waals surface area contributed by atoms with Gasteiger partial charge < -0.3 is 14.2 Å². The minimum atomic E-state index is -0.103. The maximum Gasteiger partial charge on any atom is 0.185 e. The molecule has 0 bridgehead atoms. The van der Waals surface area contributed by atoms with E-state index in [0.717, 1.165) is 16.9 Å². The predicted molar refractivity (Wildman–Crippen MR) is 109 cm³/mol. The molecule has 0 amide bonds. The van der Waals surface area contributed by atoms with Crippen LogP contribution in [0.2, 0.25) is 0 Å². The average molecular weight is 364 g/mol. The summed E-state index contributed by atoms with van der Waals surface area (Å²) in [5.74, 6) is 1.96. The largest absolute Gasteiger partial charge is 0.496 e. The van der Waals surface area contributed by atoms with Crippen LogP contribution in [0.4, 0.5) is 0 Å². The Bertz CT molecular complexity index is 832. The second kappa shape index (κ2) is 10.0. The van der Waals surface area contributed by atoms with Gasteiger partial charge in [-0.3, -0.25) is 4.79 Å². The van der Waals surface area contributed by atoms with Crippen LogP contribution < -0.4 is 14.2 Å². The molecule has 0 aliphatic rings. The fourth-order valence-electron chi connectivity index (χ4n) is 2.57. The van der Waals surface area contributed by atoms with E-state index in [2.05, 4.69) is 13.2 Å². The van der Waals surface area contributed by atoms with Crippen LogP contribution in [0.3, 0.4) is 0 Å². The summed E-state index contributed by atoms with van der Waals surface area (Å²) < 4.78 is 16.2. The molecule has 2 aromatic rings. The molecule has 0 radical (unpaired) electrons. The number of methoxy groups -OCH3 is 2. The molecule has 0 spiro atoms. The Morgan fingerprint density at radius 1 is 1.00 bits per heavy atom. The van der Waals surface area contributed by atoms with Crippen LogP contribution in [-0.4, -0.2) is 26.6 Å². The number of hydrogen-bond donors (Lipinski definition) is 0. The highest BCUT2D eigenvalue weighted by atomic mass is 16.5. The molecule has 4 nitrogen and oxygen atoms in total. The number of benzene rings is 2. The summed E-state index contributed by atoms with van der Waals surface area (Å²) in [6.07, 6.45) is 7.41. The summed E-state index contributed by atoms with van der Waals surface area (Å²) in [4.78, 5) is 12.5. The van der Waals surface area contributed by atoms with E-state index in [1.54, 1.807) is 56.7 Å². The van der Waals surface area contributed by atoms with E-state index in [1.165, 1.54) is 6.08 Å². The lowest BCUT2D eigenvalue weighted by Gasteiger charge is -2.12. The number of carbonyl (C=O) groups is 1. The summed E-state index contributed by atoms with van der Waals surface area (Å²) in [6, 6.07) is 10.8. The molecular weight excluding hydrogens is 340 g/mol. The van der Waals surface area contributed by atoms with Crippen LogP contribution in [-0.2, 0) is 6.42 Å². The van der Waals surface area contributed by atoms with Crippen molar-refractivity contribution in [1.29, 1.82) is 0 Å². The van der Waals surface area contributed by atoms with Gasteiger partial charge in [0, 0.05) is 17.2 Å². The second-order valence-corrected chi connectivity index (χ2v) is 5.72. The van der Waals surface area contributed by atoms with E-state index in [0.29, 0.717) is 30.1 Å². The lowest BCUT2D eigenvalue weighted by atomic mass is 10.0. The minimum Gasteiger partial charge on any atom is -0.496 e. The molecule has 0 aromatic heterocycles. The third kappa shape index (κ3) is 5.35. The van der Waals surface area contributed by atoms with Gasteiger partial charge >= 0.3 is 0 Å². The molecular formula is C23H24O4. The molecule has 0 unspecified atom stereocenters. The molecule has 0 aliphatic heterocycles. The van der Waals surface area contributed by atoms with Crippen LogP contribution in [0.1, 0.15) is 21.5 Å². The maximum absolute atomic E-state index is 12.5. The summed E-state index contributed by atoms with van der Waals surface area (Å²) in [5.41, 5.74) is 2.36. The highest BCUT2D eigenvalue weighted by Gasteiger charge is 2.09. The van der Waals surface area contributed by atoms with Gasteiger partial charge in [-0.15, -0.1) is 6.58 Å². The van der Waals surface area contributed by atoms with Crippen molar-refractivity contribution >= 4 is 11.9 Å². The fraction of sp³-hybridized carbons (Fsp3) is 0.174. The number of hydrogen-bond acceptors (Lipinski definition) is 4. The standard InChI is InChI=1S/C23H24O4/c1-5-7-18-15-19(23(26-4)16-22(18)25-3)10-13-21(24)17-8-11-20(12-9-17)27-14-6-2/h5-6,8-13,15-16H,1-2,7,14H2,3-4H3. The van der Waals surface area contributed by atoms with Gasteiger partial charge in [0.25, 0.3) is 0 Å². The van der Waals surface area contributed by atoms with E-state index in [1.807, 2.05) is 12.1 Å². The Morgan fingerprint density at radius 3 is 2.30 bits per heavy atom. The average Bonchev–Trinajstić information content (AvgIpc) is 2.71. The van der Waals surface area contributed by atoms with Gasteiger partial charge in [0.15, 0.2) is 5.78 Å². The molecule has 0 atom stereocenters. The van der Waals surface area contributed by atoms with Crippen molar-refractivity contribution in [3.8, 4) is 17.2 Å². The molecule has 0 saturated carbocycles. The highest BCUT2D eigenvalue weighted by Crippen LogP contribution is 2.30. The Balaban J connectivity index is 2.22. The van der Waals surface area contributed by atoms with Gasteiger partial charge in [-0.05, 0) is 54.5 Å². The molecule has 140 valence electrons. The van der Waals surface area contributed by atoms with Crippen molar-refractivity contribution < 1.29 is 19.0 Å². The van der Waals surface area contributed by atoms with Crippen molar-refractivity contribution in [2.24, 2.45) is 0 Å². The van der Waals surface area contributed by atoms with E-state index >= 15 is 0 Å². The summed E-state index contributed by atoms with van der Waals surface area (Å²) in [7, 11) is 3.20. The van der Waals surface area contributed by atoms with Crippen molar-refractivity contribution in [3.05, 3.63) is 84.5 Å². The molecule has 0 fully saturated rings. The molecule has 0 N–H and O–H groups in total. The van der Waals surface area contributed by atoms with Gasteiger partial charge in [0.2, 0.25) is 0 Å². The molecule has 0 aliphatic carbocycles. The summed E-state index contributed by atoms with van der Waals surface area (Å²) in [6.45, 7) is 7.80. The quantitative estimate of drug-likeness (QED) is 0.342. The first-order valence-corrected chi connectivity index (χ1v) is 8.54. The van der Waals surface area contributed by atoms with Crippen LogP contribution in [0.5, 0.6) is 17.2 Å². The SMILES string of the molecule is C=CCOc1ccc(C(=O)C=Cc2cc(CC=C)c(OC)cc2OC)cc1. The first kappa shape index (κ1) is 20.0. The van der Waals surface area contributed by atoms with E-state index in [4.69, 9.17) is 14.2 Å². The maximum atomic E-state index is 12.5. The Kier molecular flexibility index (Phi) is 7.44. The van der Waals surface area contributed by atoms with Crippen LogP contribution >= 0.6 is 0 Å². The zero-order valence-corrected chi connectivity index (χ0v) is 15.7. The molecule has 2 aromatic carbocycles. The molecule has 27 heavy (non-hydrogen) atoms. The predicted octanol–water partition coefficient (Wildman–Crippen LogP) is 4.89. The highest BCUT2D eigenvalue weighted by molar-refractivity contribution is 6.07. The zero-order valence-electron chi connectivity index (χ0n) is 15.7.